The molecular weight excluding hydrogens is 275 g/mol. The highest BCUT2D eigenvalue weighted by Crippen LogP contribution is 2.26. The third-order valence-corrected chi connectivity index (χ3v) is 3.37. The van der Waals surface area contributed by atoms with Crippen LogP contribution in [0, 0.1) is 11.2 Å². The van der Waals surface area contributed by atoms with E-state index in [1.807, 2.05) is 13.8 Å². The van der Waals surface area contributed by atoms with Gasteiger partial charge in [-0.05, 0) is 36.5 Å². The van der Waals surface area contributed by atoms with Crippen LogP contribution in [0.25, 0.3) is 0 Å². The van der Waals surface area contributed by atoms with Crippen molar-refractivity contribution >= 4 is 17.6 Å². The lowest BCUT2D eigenvalue weighted by molar-refractivity contribution is -0.137. The lowest BCUT2D eigenvalue weighted by Crippen LogP contribution is -2.28. The molecule has 1 aromatic rings. The highest BCUT2D eigenvalue weighted by Gasteiger charge is 2.19. The first-order valence-electron chi connectivity index (χ1n) is 6.76. The van der Waals surface area contributed by atoms with Crippen LogP contribution in [0.4, 0.5) is 10.1 Å². The van der Waals surface area contributed by atoms with E-state index in [0.29, 0.717) is 19.4 Å². The van der Waals surface area contributed by atoms with Gasteiger partial charge >= 0.3 is 5.97 Å². The number of nitrogen functional groups attached to an aromatic ring is 1. The Hall–Kier alpha value is -2.11. The molecule has 4 N–H and O–H groups in total. The van der Waals surface area contributed by atoms with Gasteiger partial charge in [0.1, 0.15) is 5.82 Å². The van der Waals surface area contributed by atoms with Crippen LogP contribution < -0.4 is 11.1 Å². The molecule has 0 unspecified atom stereocenters. The molecule has 1 amide bonds. The molecule has 0 aromatic heterocycles. The zero-order valence-electron chi connectivity index (χ0n) is 12.3. The maximum Gasteiger partial charge on any atom is 0.303 e. The molecule has 0 spiro atoms. The molecule has 0 heterocycles. The SMILES string of the molecule is CC(C)(CCNC(=O)c1ccc(N)c(F)c1)CCC(=O)O. The number of carboxylic acid groups (broad SMARTS) is 1. The van der Waals surface area contributed by atoms with Crippen LogP contribution in [0.15, 0.2) is 18.2 Å². The summed E-state index contributed by atoms with van der Waals surface area (Å²) in [4.78, 5) is 22.4. The first-order valence-corrected chi connectivity index (χ1v) is 6.76. The summed E-state index contributed by atoms with van der Waals surface area (Å²) in [6.07, 6.45) is 1.28. The van der Waals surface area contributed by atoms with E-state index >= 15 is 0 Å². The van der Waals surface area contributed by atoms with Crippen LogP contribution >= 0.6 is 0 Å². The predicted molar refractivity (Wildman–Crippen MR) is 78.4 cm³/mol. The van der Waals surface area contributed by atoms with Crippen LogP contribution in [0.2, 0.25) is 0 Å². The molecule has 0 aliphatic heterocycles. The van der Waals surface area contributed by atoms with Gasteiger partial charge in [0.05, 0.1) is 5.69 Å². The second-order valence-electron chi connectivity index (χ2n) is 5.80. The Morgan fingerprint density at radius 3 is 2.57 bits per heavy atom. The van der Waals surface area contributed by atoms with Crippen molar-refractivity contribution in [1.82, 2.24) is 5.32 Å². The van der Waals surface area contributed by atoms with Gasteiger partial charge < -0.3 is 16.2 Å². The molecular formula is C15H21FN2O3. The minimum atomic E-state index is -0.829. The smallest absolute Gasteiger partial charge is 0.303 e. The number of benzene rings is 1. The van der Waals surface area contributed by atoms with E-state index in [0.717, 1.165) is 6.07 Å². The van der Waals surface area contributed by atoms with Gasteiger partial charge in [0.25, 0.3) is 5.91 Å². The largest absolute Gasteiger partial charge is 0.481 e. The summed E-state index contributed by atoms with van der Waals surface area (Å²) in [6.45, 7) is 4.30. The summed E-state index contributed by atoms with van der Waals surface area (Å²) in [5.74, 6) is -1.82. The number of rotatable bonds is 7. The van der Waals surface area contributed by atoms with E-state index in [9.17, 15) is 14.0 Å². The van der Waals surface area contributed by atoms with Crippen molar-refractivity contribution in [3.05, 3.63) is 29.6 Å². The lowest BCUT2D eigenvalue weighted by atomic mass is 9.84. The summed E-state index contributed by atoms with van der Waals surface area (Å²) in [6, 6.07) is 3.91. The Morgan fingerprint density at radius 2 is 2.00 bits per heavy atom. The van der Waals surface area contributed by atoms with E-state index in [1.54, 1.807) is 0 Å². The summed E-state index contributed by atoms with van der Waals surface area (Å²) >= 11 is 0. The molecule has 0 bridgehead atoms. The van der Waals surface area contributed by atoms with Gasteiger partial charge in [-0.3, -0.25) is 9.59 Å². The Kier molecular flexibility index (Phi) is 5.69. The molecule has 116 valence electrons. The molecule has 0 radical (unpaired) electrons. The number of hydrogen-bond acceptors (Lipinski definition) is 3. The fraction of sp³-hybridized carbons (Fsp3) is 0.467. The summed E-state index contributed by atoms with van der Waals surface area (Å²) in [5, 5.41) is 11.4. The third kappa shape index (κ3) is 5.81. The monoisotopic (exact) mass is 296 g/mol. The number of nitrogens with one attached hydrogen (secondary N) is 1. The molecule has 0 fully saturated rings. The molecule has 0 saturated carbocycles. The zero-order chi connectivity index (χ0) is 16.0. The number of hydrogen-bond donors (Lipinski definition) is 3. The fourth-order valence-corrected chi connectivity index (χ4v) is 1.86. The van der Waals surface area contributed by atoms with Crippen molar-refractivity contribution in [2.24, 2.45) is 5.41 Å². The molecule has 0 aliphatic carbocycles. The van der Waals surface area contributed by atoms with Gasteiger partial charge in [0.2, 0.25) is 0 Å². The zero-order valence-corrected chi connectivity index (χ0v) is 12.3. The third-order valence-electron chi connectivity index (χ3n) is 3.37. The number of aliphatic carboxylic acids is 1. The van der Waals surface area contributed by atoms with Crippen molar-refractivity contribution < 1.29 is 19.1 Å². The van der Waals surface area contributed by atoms with Gasteiger partial charge in [0.15, 0.2) is 0 Å². The number of anilines is 1. The highest BCUT2D eigenvalue weighted by atomic mass is 19.1. The topological polar surface area (TPSA) is 92.4 Å². The molecule has 1 aromatic carbocycles. The van der Waals surface area contributed by atoms with E-state index < -0.39 is 11.8 Å². The summed E-state index contributed by atoms with van der Waals surface area (Å²) in [5.41, 5.74) is 5.38. The minimum Gasteiger partial charge on any atom is -0.481 e. The molecule has 0 saturated heterocycles. The first kappa shape index (κ1) is 16.9. The molecule has 1 rings (SSSR count). The van der Waals surface area contributed by atoms with Gasteiger partial charge in [-0.2, -0.15) is 0 Å². The Morgan fingerprint density at radius 1 is 1.33 bits per heavy atom. The average Bonchev–Trinajstić information content (AvgIpc) is 2.39. The predicted octanol–water partition coefficient (Wildman–Crippen LogP) is 2.42. The lowest BCUT2D eigenvalue weighted by Gasteiger charge is -2.23. The van der Waals surface area contributed by atoms with Crippen molar-refractivity contribution in [2.45, 2.75) is 33.1 Å². The molecule has 5 nitrogen and oxygen atoms in total. The van der Waals surface area contributed by atoms with Gasteiger partial charge in [0, 0.05) is 18.5 Å². The minimum absolute atomic E-state index is 0.00125. The van der Waals surface area contributed by atoms with Gasteiger partial charge in [-0.25, -0.2) is 4.39 Å². The molecule has 0 aliphatic rings. The maximum absolute atomic E-state index is 13.3. The summed E-state index contributed by atoms with van der Waals surface area (Å²) < 4.78 is 13.3. The van der Waals surface area contributed by atoms with Crippen LogP contribution in [-0.4, -0.2) is 23.5 Å². The van der Waals surface area contributed by atoms with Gasteiger partial charge in [-0.1, -0.05) is 13.8 Å². The first-order chi connectivity index (χ1) is 9.71. The number of carbonyl (C=O) groups is 2. The normalized spacial score (nSPS) is 11.2. The van der Waals surface area contributed by atoms with Crippen molar-refractivity contribution in [2.75, 3.05) is 12.3 Å². The second kappa shape index (κ2) is 7.06. The molecule has 0 atom stereocenters. The fourth-order valence-electron chi connectivity index (χ4n) is 1.86. The molecule has 6 heteroatoms. The quantitative estimate of drug-likeness (QED) is 0.674. The van der Waals surface area contributed by atoms with Gasteiger partial charge in [-0.15, -0.1) is 0 Å². The van der Waals surface area contributed by atoms with Crippen LogP contribution in [0.5, 0.6) is 0 Å². The number of amides is 1. The number of nitrogens with two attached hydrogens (primary N) is 1. The average molecular weight is 296 g/mol. The maximum atomic E-state index is 13.3. The van der Waals surface area contributed by atoms with Crippen LogP contribution in [0.3, 0.4) is 0 Å². The van der Waals surface area contributed by atoms with E-state index in [-0.39, 0.29) is 29.0 Å². The van der Waals surface area contributed by atoms with Crippen molar-refractivity contribution in [3.8, 4) is 0 Å². The van der Waals surface area contributed by atoms with E-state index in [2.05, 4.69) is 5.32 Å². The molecule has 21 heavy (non-hydrogen) atoms. The summed E-state index contributed by atoms with van der Waals surface area (Å²) in [7, 11) is 0. The van der Waals surface area contributed by atoms with E-state index in [1.165, 1.54) is 12.1 Å². The Labute approximate surface area is 123 Å². The van der Waals surface area contributed by atoms with Crippen LogP contribution in [-0.2, 0) is 4.79 Å². The van der Waals surface area contributed by atoms with Crippen LogP contribution in [0.1, 0.15) is 43.5 Å². The standard InChI is InChI=1S/C15H21FN2O3/c1-15(2,6-5-13(19)20)7-8-18-14(21)10-3-4-12(17)11(16)9-10/h3-4,9H,5-8,17H2,1-2H3,(H,18,21)(H,19,20). The number of carboxylic acids is 1. The highest BCUT2D eigenvalue weighted by molar-refractivity contribution is 5.94. The van der Waals surface area contributed by atoms with Crippen molar-refractivity contribution in [1.29, 1.82) is 0 Å². The number of halogens is 1. The second-order valence-corrected chi connectivity index (χ2v) is 5.80. The van der Waals surface area contributed by atoms with E-state index in [4.69, 9.17) is 10.8 Å². The van der Waals surface area contributed by atoms with Crippen molar-refractivity contribution in [3.63, 3.8) is 0 Å². The Balaban J connectivity index is 2.46. The number of carbonyl (C=O) groups excluding carboxylic acids is 1. The Bertz CT molecular complexity index is 530.